The van der Waals surface area contributed by atoms with Crippen molar-refractivity contribution in [2.45, 2.75) is 13.3 Å². The zero-order valence-electron chi connectivity index (χ0n) is 11.0. The number of aromatic nitrogens is 1. The average Bonchev–Trinajstić information content (AvgIpc) is 2.90. The molecule has 0 aliphatic rings. The van der Waals surface area contributed by atoms with Crippen LogP contribution in [0.3, 0.4) is 0 Å². The predicted octanol–water partition coefficient (Wildman–Crippen LogP) is 3.98. The Hall–Kier alpha value is -2.20. The molecule has 0 amide bonds. The molecule has 0 N–H and O–H groups in total. The maximum Gasteiger partial charge on any atom is 0.347 e. The summed E-state index contributed by atoms with van der Waals surface area (Å²) in [5.41, 5.74) is 0.719. The summed E-state index contributed by atoms with van der Waals surface area (Å²) in [6.07, 6.45) is 4.50. The summed E-state index contributed by atoms with van der Waals surface area (Å²) in [5.74, 6) is 0.343. The highest BCUT2D eigenvalue weighted by molar-refractivity contribution is 7.18. The molecular weight excluding hydrogens is 270 g/mol. The third-order valence-electron chi connectivity index (χ3n) is 2.96. The van der Waals surface area contributed by atoms with Gasteiger partial charge in [-0.15, -0.1) is 11.3 Å². The van der Waals surface area contributed by atoms with Gasteiger partial charge in [-0.25, -0.2) is 9.78 Å². The van der Waals surface area contributed by atoms with Crippen LogP contribution in [0.25, 0.3) is 22.4 Å². The van der Waals surface area contributed by atoms with Crippen LogP contribution in [-0.4, -0.2) is 4.98 Å². The molecule has 0 atom stereocenters. The van der Waals surface area contributed by atoms with E-state index < -0.39 is 0 Å². The van der Waals surface area contributed by atoms with Crippen molar-refractivity contribution in [1.29, 1.82) is 0 Å². The highest BCUT2D eigenvalue weighted by Gasteiger charge is 2.08. The molecule has 3 nitrogen and oxygen atoms in total. The van der Waals surface area contributed by atoms with Gasteiger partial charge in [0.05, 0.1) is 5.39 Å². The first-order valence-corrected chi connectivity index (χ1v) is 7.24. The van der Waals surface area contributed by atoms with Gasteiger partial charge in [-0.3, -0.25) is 0 Å². The highest BCUT2D eigenvalue weighted by Crippen LogP contribution is 2.22. The van der Waals surface area contributed by atoms with E-state index >= 15 is 0 Å². The van der Waals surface area contributed by atoms with Crippen molar-refractivity contribution in [1.82, 2.24) is 4.98 Å². The fraction of sp³-hybridized carbons (Fsp3) is 0.125. The molecule has 0 fully saturated rings. The molecule has 100 valence electrons. The average molecular weight is 283 g/mol. The van der Waals surface area contributed by atoms with E-state index in [1.54, 1.807) is 17.4 Å². The molecule has 20 heavy (non-hydrogen) atoms. The molecule has 4 heteroatoms. The van der Waals surface area contributed by atoms with Crippen molar-refractivity contribution < 1.29 is 4.42 Å². The number of aryl methyl sites for hydroxylation is 1. The van der Waals surface area contributed by atoms with E-state index in [2.05, 4.69) is 11.9 Å². The fourth-order valence-corrected chi connectivity index (χ4v) is 2.87. The molecule has 2 aromatic heterocycles. The van der Waals surface area contributed by atoms with Crippen molar-refractivity contribution in [2.24, 2.45) is 0 Å². The van der Waals surface area contributed by atoms with Crippen LogP contribution in [0.15, 0.2) is 45.6 Å². The van der Waals surface area contributed by atoms with E-state index in [9.17, 15) is 4.79 Å². The first kappa shape index (κ1) is 12.8. The summed E-state index contributed by atoms with van der Waals surface area (Å²) in [5, 5.41) is 0.573. The first-order valence-electron chi connectivity index (χ1n) is 6.43. The molecule has 0 radical (unpaired) electrons. The van der Waals surface area contributed by atoms with Gasteiger partial charge >= 0.3 is 5.63 Å². The molecule has 0 unspecified atom stereocenters. The van der Waals surface area contributed by atoms with Crippen molar-refractivity contribution in [3.63, 3.8) is 0 Å². The number of benzene rings is 1. The van der Waals surface area contributed by atoms with Gasteiger partial charge in [0.2, 0.25) is 5.89 Å². The van der Waals surface area contributed by atoms with Crippen molar-refractivity contribution in [2.75, 3.05) is 0 Å². The van der Waals surface area contributed by atoms with E-state index in [0.29, 0.717) is 11.3 Å². The molecule has 1 aromatic carbocycles. The number of rotatable bonds is 3. The second kappa shape index (κ2) is 5.43. The summed E-state index contributed by atoms with van der Waals surface area (Å²) < 4.78 is 5.22. The Balaban J connectivity index is 2.00. The van der Waals surface area contributed by atoms with Crippen molar-refractivity contribution >= 4 is 33.7 Å². The summed E-state index contributed by atoms with van der Waals surface area (Å²) in [4.78, 5) is 18.2. The van der Waals surface area contributed by atoms with Crippen LogP contribution < -0.4 is 5.63 Å². The lowest BCUT2D eigenvalue weighted by molar-refractivity contribution is 0.491. The van der Waals surface area contributed by atoms with Crippen LogP contribution in [0.4, 0.5) is 0 Å². The zero-order valence-corrected chi connectivity index (χ0v) is 11.8. The van der Waals surface area contributed by atoms with Crippen LogP contribution in [-0.2, 0) is 6.42 Å². The maximum atomic E-state index is 11.9. The third-order valence-corrected chi connectivity index (χ3v) is 4.13. The van der Waals surface area contributed by atoms with Gasteiger partial charge < -0.3 is 4.42 Å². The Labute approximate surface area is 120 Å². The molecule has 0 aliphatic heterocycles. The monoisotopic (exact) mass is 283 g/mol. The second-order valence-corrected chi connectivity index (χ2v) is 5.48. The van der Waals surface area contributed by atoms with E-state index in [-0.39, 0.29) is 5.63 Å². The van der Waals surface area contributed by atoms with E-state index in [4.69, 9.17) is 4.42 Å². The van der Waals surface area contributed by atoms with E-state index in [1.165, 1.54) is 0 Å². The van der Waals surface area contributed by atoms with Crippen LogP contribution in [0.5, 0.6) is 0 Å². The normalized spacial score (nSPS) is 11.4. The molecule has 2 heterocycles. The molecular formula is C16H13NO2S. The summed E-state index contributed by atoms with van der Waals surface area (Å²) >= 11 is 1.54. The SMILES string of the molecule is CCc1cc2c(=O)oc(C=Cc3ccccc3)nc2s1. The van der Waals surface area contributed by atoms with Crippen molar-refractivity contribution in [3.05, 3.63) is 63.1 Å². The molecule has 3 aromatic rings. The van der Waals surface area contributed by atoms with E-state index in [1.807, 2.05) is 42.5 Å². The Morgan fingerprint density at radius 2 is 2.05 bits per heavy atom. The lowest BCUT2D eigenvalue weighted by Crippen LogP contribution is -2.00. The van der Waals surface area contributed by atoms with Crippen molar-refractivity contribution in [3.8, 4) is 0 Å². The minimum atomic E-state index is -0.321. The van der Waals surface area contributed by atoms with Gasteiger partial charge in [0.1, 0.15) is 4.83 Å². The Morgan fingerprint density at radius 1 is 1.25 bits per heavy atom. The fourth-order valence-electron chi connectivity index (χ4n) is 1.91. The van der Waals surface area contributed by atoms with Gasteiger partial charge in [0.15, 0.2) is 0 Å². The number of fused-ring (bicyclic) bond motifs is 1. The summed E-state index contributed by atoms with van der Waals surface area (Å²) in [6, 6.07) is 11.7. The Kier molecular flexibility index (Phi) is 3.48. The third kappa shape index (κ3) is 2.56. The summed E-state index contributed by atoms with van der Waals surface area (Å²) in [6.45, 7) is 2.06. The molecule has 0 bridgehead atoms. The van der Waals surface area contributed by atoms with Crippen LogP contribution in [0.1, 0.15) is 23.3 Å². The number of hydrogen-bond acceptors (Lipinski definition) is 4. The molecule has 0 aliphatic carbocycles. The minimum Gasteiger partial charge on any atom is -0.404 e. The lowest BCUT2D eigenvalue weighted by atomic mass is 10.2. The van der Waals surface area contributed by atoms with Crippen LogP contribution in [0, 0.1) is 0 Å². The standard InChI is InChI=1S/C16H13NO2S/c1-2-12-10-13-15(20-12)17-14(19-16(13)18)9-8-11-6-4-3-5-7-11/h3-10H,2H2,1H3. The summed E-state index contributed by atoms with van der Waals surface area (Å²) in [7, 11) is 0. The molecule has 0 spiro atoms. The van der Waals surface area contributed by atoms with Gasteiger partial charge in [0, 0.05) is 11.0 Å². The lowest BCUT2D eigenvalue weighted by Gasteiger charge is -1.93. The predicted molar refractivity (Wildman–Crippen MR) is 82.9 cm³/mol. The smallest absolute Gasteiger partial charge is 0.347 e. The van der Waals surface area contributed by atoms with E-state index in [0.717, 1.165) is 21.7 Å². The zero-order chi connectivity index (χ0) is 13.9. The minimum absolute atomic E-state index is 0.321. The quantitative estimate of drug-likeness (QED) is 0.730. The second-order valence-electron chi connectivity index (χ2n) is 4.37. The first-order chi connectivity index (χ1) is 9.76. The maximum absolute atomic E-state index is 11.9. The molecule has 0 saturated carbocycles. The number of hydrogen-bond donors (Lipinski definition) is 0. The highest BCUT2D eigenvalue weighted by atomic mass is 32.1. The van der Waals surface area contributed by atoms with Crippen LogP contribution in [0.2, 0.25) is 0 Å². The van der Waals surface area contributed by atoms with Crippen LogP contribution >= 0.6 is 11.3 Å². The topological polar surface area (TPSA) is 43.1 Å². The Bertz CT molecular complexity index is 815. The number of thiophene rings is 1. The van der Waals surface area contributed by atoms with Gasteiger partial charge in [0.25, 0.3) is 0 Å². The molecule has 3 rings (SSSR count). The van der Waals surface area contributed by atoms with Gasteiger partial charge in [-0.1, -0.05) is 37.3 Å². The number of nitrogens with zero attached hydrogens (tertiary/aromatic N) is 1. The van der Waals surface area contributed by atoms with Gasteiger partial charge in [-0.05, 0) is 24.1 Å². The molecule has 0 saturated heterocycles. The largest absolute Gasteiger partial charge is 0.404 e. The Morgan fingerprint density at radius 3 is 2.80 bits per heavy atom. The van der Waals surface area contributed by atoms with Gasteiger partial charge in [-0.2, -0.15) is 0 Å².